The van der Waals surface area contributed by atoms with Gasteiger partial charge in [0.15, 0.2) is 0 Å². The van der Waals surface area contributed by atoms with Crippen molar-refractivity contribution in [3.05, 3.63) is 66.9 Å². The fourth-order valence-corrected chi connectivity index (χ4v) is 3.55. The van der Waals surface area contributed by atoms with Gasteiger partial charge < -0.3 is 15.5 Å². The average Bonchev–Trinajstić information content (AvgIpc) is 2.76. The minimum absolute atomic E-state index is 0.669. The lowest BCUT2D eigenvalue weighted by atomic mass is 10.1. The minimum Gasteiger partial charge on any atom is -0.353 e. The maximum atomic E-state index is 4.58. The average molecular weight is 374 g/mol. The molecule has 0 amide bonds. The van der Waals surface area contributed by atoms with E-state index in [1.54, 1.807) is 6.20 Å². The lowest BCUT2D eigenvalue weighted by Gasteiger charge is -2.26. The Morgan fingerprint density at radius 3 is 2.36 bits per heavy atom. The second-order valence-electron chi connectivity index (χ2n) is 7.16. The zero-order valence-corrected chi connectivity index (χ0v) is 16.1. The fourth-order valence-electron chi connectivity index (χ4n) is 3.55. The van der Waals surface area contributed by atoms with E-state index in [0.717, 1.165) is 24.6 Å². The van der Waals surface area contributed by atoms with E-state index in [4.69, 9.17) is 0 Å². The van der Waals surface area contributed by atoms with Gasteiger partial charge in [0.1, 0.15) is 5.82 Å². The zero-order valence-electron chi connectivity index (χ0n) is 16.1. The molecule has 0 atom stereocenters. The molecule has 0 unspecified atom stereocenters. The van der Waals surface area contributed by atoms with Crippen LogP contribution in [0.15, 0.2) is 66.9 Å². The minimum atomic E-state index is 0.669. The Morgan fingerprint density at radius 2 is 1.57 bits per heavy atom. The van der Waals surface area contributed by atoms with Crippen molar-refractivity contribution in [1.29, 1.82) is 0 Å². The number of nitrogens with zero attached hydrogens (tertiary/aromatic N) is 3. The first kappa shape index (κ1) is 18.4. The van der Waals surface area contributed by atoms with E-state index in [1.165, 1.54) is 43.5 Å². The molecule has 0 saturated carbocycles. The monoisotopic (exact) mass is 373 g/mol. The van der Waals surface area contributed by atoms with Crippen molar-refractivity contribution in [3.8, 4) is 11.1 Å². The third kappa shape index (κ3) is 5.08. The molecule has 0 bridgehead atoms. The van der Waals surface area contributed by atoms with Crippen molar-refractivity contribution >= 4 is 17.5 Å². The van der Waals surface area contributed by atoms with Gasteiger partial charge in [-0.3, -0.25) is 0 Å². The van der Waals surface area contributed by atoms with Crippen molar-refractivity contribution < 1.29 is 0 Å². The van der Waals surface area contributed by atoms with Crippen LogP contribution in [0.1, 0.15) is 19.3 Å². The summed E-state index contributed by atoms with van der Waals surface area (Å²) in [6, 6.07) is 20.7. The van der Waals surface area contributed by atoms with Crippen molar-refractivity contribution in [2.45, 2.75) is 19.3 Å². The van der Waals surface area contributed by atoms with Gasteiger partial charge in [0.05, 0.1) is 0 Å². The Hall–Kier alpha value is -2.92. The molecule has 1 aliphatic rings. The van der Waals surface area contributed by atoms with Gasteiger partial charge >= 0.3 is 0 Å². The summed E-state index contributed by atoms with van der Waals surface area (Å²) >= 11 is 0. The van der Waals surface area contributed by atoms with E-state index < -0.39 is 0 Å². The molecular formula is C23H27N5. The predicted molar refractivity (Wildman–Crippen MR) is 116 cm³/mol. The molecule has 5 heteroatoms. The lowest BCUT2D eigenvalue weighted by molar-refractivity contribution is 0.237. The summed E-state index contributed by atoms with van der Waals surface area (Å²) in [5.74, 6) is 1.46. The molecule has 2 heterocycles. The van der Waals surface area contributed by atoms with Crippen LogP contribution in [-0.2, 0) is 0 Å². The van der Waals surface area contributed by atoms with E-state index in [1.807, 2.05) is 12.1 Å². The maximum absolute atomic E-state index is 4.58. The summed E-state index contributed by atoms with van der Waals surface area (Å²) in [5.41, 5.74) is 3.43. The molecule has 1 fully saturated rings. The van der Waals surface area contributed by atoms with Gasteiger partial charge in [0.2, 0.25) is 5.95 Å². The first-order valence-electron chi connectivity index (χ1n) is 10.1. The van der Waals surface area contributed by atoms with Crippen LogP contribution < -0.4 is 10.6 Å². The van der Waals surface area contributed by atoms with Crippen molar-refractivity contribution in [3.63, 3.8) is 0 Å². The molecule has 2 N–H and O–H groups in total. The summed E-state index contributed by atoms with van der Waals surface area (Å²) in [4.78, 5) is 11.4. The molecule has 0 radical (unpaired) electrons. The number of hydrogen-bond donors (Lipinski definition) is 2. The second kappa shape index (κ2) is 9.33. The summed E-state index contributed by atoms with van der Waals surface area (Å²) < 4.78 is 0. The SMILES string of the molecule is c1ccc(-c2ccc(Nc3ccnc(NCCN4CCCCC4)n3)cc2)cc1. The first-order chi connectivity index (χ1) is 13.9. The molecule has 0 spiro atoms. The van der Waals surface area contributed by atoms with Crippen LogP contribution in [0.5, 0.6) is 0 Å². The largest absolute Gasteiger partial charge is 0.353 e. The number of hydrogen-bond acceptors (Lipinski definition) is 5. The number of anilines is 3. The lowest BCUT2D eigenvalue weighted by Crippen LogP contribution is -2.33. The highest BCUT2D eigenvalue weighted by molar-refractivity contribution is 5.67. The standard InChI is InChI=1S/C23H27N5/c1-3-7-19(8-4-1)20-9-11-21(12-10-20)26-22-13-14-24-23(27-22)25-15-18-28-16-5-2-6-17-28/h1,3-4,7-14H,2,5-6,15-18H2,(H2,24,25,26,27). The molecule has 5 nitrogen and oxygen atoms in total. The number of benzene rings is 2. The number of nitrogens with one attached hydrogen (secondary N) is 2. The summed E-state index contributed by atoms with van der Waals surface area (Å²) in [7, 11) is 0. The van der Waals surface area contributed by atoms with E-state index in [9.17, 15) is 0 Å². The number of piperidine rings is 1. The highest BCUT2D eigenvalue weighted by Gasteiger charge is 2.09. The van der Waals surface area contributed by atoms with Crippen LogP contribution >= 0.6 is 0 Å². The molecule has 4 rings (SSSR count). The van der Waals surface area contributed by atoms with Gasteiger partial charge in [-0.05, 0) is 55.3 Å². The Balaban J connectivity index is 1.32. The summed E-state index contributed by atoms with van der Waals surface area (Å²) in [5, 5.41) is 6.71. The molecule has 144 valence electrons. The normalized spacial score (nSPS) is 14.6. The van der Waals surface area contributed by atoms with Crippen LogP contribution in [0.25, 0.3) is 11.1 Å². The number of aromatic nitrogens is 2. The van der Waals surface area contributed by atoms with E-state index >= 15 is 0 Å². The summed E-state index contributed by atoms with van der Waals surface area (Å²) in [6.45, 7) is 4.34. The van der Waals surface area contributed by atoms with Gasteiger partial charge in [0, 0.05) is 25.0 Å². The van der Waals surface area contributed by atoms with E-state index in [-0.39, 0.29) is 0 Å². The highest BCUT2D eigenvalue weighted by Crippen LogP contribution is 2.22. The van der Waals surface area contributed by atoms with Crippen LogP contribution in [0.3, 0.4) is 0 Å². The topological polar surface area (TPSA) is 53.1 Å². The number of rotatable bonds is 7. The third-order valence-electron chi connectivity index (χ3n) is 5.08. The first-order valence-corrected chi connectivity index (χ1v) is 10.1. The van der Waals surface area contributed by atoms with Crippen LogP contribution in [0.4, 0.5) is 17.5 Å². The van der Waals surface area contributed by atoms with Crippen LogP contribution in [-0.4, -0.2) is 41.0 Å². The molecule has 0 aliphatic carbocycles. The van der Waals surface area contributed by atoms with E-state index in [2.05, 4.69) is 74.0 Å². The molecular weight excluding hydrogens is 346 g/mol. The molecule has 1 saturated heterocycles. The molecule has 28 heavy (non-hydrogen) atoms. The van der Waals surface area contributed by atoms with Gasteiger partial charge in [-0.2, -0.15) is 4.98 Å². The highest BCUT2D eigenvalue weighted by atomic mass is 15.2. The van der Waals surface area contributed by atoms with Crippen LogP contribution in [0, 0.1) is 0 Å². The van der Waals surface area contributed by atoms with Crippen molar-refractivity contribution in [2.75, 3.05) is 36.8 Å². The third-order valence-corrected chi connectivity index (χ3v) is 5.08. The Labute approximate surface area is 166 Å². The Bertz CT molecular complexity index is 858. The zero-order chi connectivity index (χ0) is 19.0. The maximum Gasteiger partial charge on any atom is 0.224 e. The van der Waals surface area contributed by atoms with Gasteiger partial charge in [-0.15, -0.1) is 0 Å². The van der Waals surface area contributed by atoms with Gasteiger partial charge in [0.25, 0.3) is 0 Å². The Morgan fingerprint density at radius 1 is 0.821 bits per heavy atom. The smallest absolute Gasteiger partial charge is 0.224 e. The van der Waals surface area contributed by atoms with Gasteiger partial charge in [-0.25, -0.2) is 4.98 Å². The molecule has 1 aromatic heterocycles. The van der Waals surface area contributed by atoms with Gasteiger partial charge in [-0.1, -0.05) is 48.9 Å². The molecule has 2 aromatic carbocycles. The number of likely N-dealkylation sites (tertiary alicyclic amines) is 1. The fraction of sp³-hybridized carbons (Fsp3) is 0.304. The van der Waals surface area contributed by atoms with Crippen molar-refractivity contribution in [1.82, 2.24) is 14.9 Å². The summed E-state index contributed by atoms with van der Waals surface area (Å²) in [6.07, 6.45) is 5.79. The van der Waals surface area contributed by atoms with Crippen molar-refractivity contribution in [2.24, 2.45) is 0 Å². The predicted octanol–water partition coefficient (Wildman–Crippen LogP) is 4.79. The van der Waals surface area contributed by atoms with Crippen LogP contribution in [0.2, 0.25) is 0 Å². The Kier molecular flexibility index (Phi) is 6.15. The second-order valence-corrected chi connectivity index (χ2v) is 7.16. The molecule has 3 aromatic rings. The van der Waals surface area contributed by atoms with E-state index in [0.29, 0.717) is 5.95 Å². The quantitative estimate of drug-likeness (QED) is 0.624. The molecule has 1 aliphatic heterocycles.